The largest absolute Gasteiger partial charge is 0.467 e. The first-order valence-corrected chi connectivity index (χ1v) is 15.0. The lowest BCUT2D eigenvalue weighted by Crippen LogP contribution is -2.65. The number of carbonyl (C=O) groups is 5. The summed E-state index contributed by atoms with van der Waals surface area (Å²) in [7, 11) is 1.24. The predicted octanol–water partition coefficient (Wildman–Crippen LogP) is 2.81. The van der Waals surface area contributed by atoms with Gasteiger partial charge >= 0.3 is 12.1 Å². The van der Waals surface area contributed by atoms with Crippen molar-refractivity contribution in [3.63, 3.8) is 0 Å². The van der Waals surface area contributed by atoms with E-state index in [-0.39, 0.29) is 41.7 Å². The zero-order valence-corrected chi connectivity index (χ0v) is 25.5. The molecule has 5 aliphatic rings. The summed E-state index contributed by atoms with van der Waals surface area (Å²) in [6, 6.07) is -1.79. The first-order chi connectivity index (χ1) is 19.0. The normalized spacial score (nSPS) is 32.7. The van der Waals surface area contributed by atoms with Crippen molar-refractivity contribution in [3.8, 4) is 0 Å². The minimum atomic E-state index is -1.01. The van der Waals surface area contributed by atoms with Crippen molar-refractivity contribution in [2.45, 2.75) is 122 Å². The molecule has 4 atom stereocenters. The smallest absolute Gasteiger partial charge is 0.408 e. The minimum Gasteiger partial charge on any atom is -0.467 e. The second-order valence-corrected chi connectivity index (χ2v) is 14.7. The monoisotopic (exact) mass is 576 g/mol. The summed E-state index contributed by atoms with van der Waals surface area (Å²) in [5.74, 6) is -1.01. The topological polar surface area (TPSA) is 143 Å². The van der Waals surface area contributed by atoms with E-state index < -0.39 is 41.6 Å². The van der Waals surface area contributed by atoms with Crippen molar-refractivity contribution < 1.29 is 33.4 Å². The van der Waals surface area contributed by atoms with Crippen LogP contribution in [0.4, 0.5) is 4.79 Å². The van der Waals surface area contributed by atoms with Crippen molar-refractivity contribution in [2.24, 2.45) is 16.7 Å². The first-order valence-electron chi connectivity index (χ1n) is 15.0. The Bertz CT molecular complexity index is 1050. The van der Waals surface area contributed by atoms with E-state index in [1.165, 1.54) is 31.3 Å². The van der Waals surface area contributed by atoms with Crippen LogP contribution in [0.25, 0.3) is 0 Å². The lowest BCUT2D eigenvalue weighted by atomic mass is 9.43. The summed E-state index contributed by atoms with van der Waals surface area (Å²) in [6.45, 7) is 9.92. The predicted molar refractivity (Wildman–Crippen MR) is 150 cm³/mol. The van der Waals surface area contributed by atoms with Gasteiger partial charge in [0.15, 0.2) is 0 Å². The maximum atomic E-state index is 13.2. The lowest BCUT2D eigenvalue weighted by Gasteiger charge is -2.65. The summed E-state index contributed by atoms with van der Waals surface area (Å²) < 4.78 is 10.1. The Kier molecular flexibility index (Phi) is 8.67. The van der Waals surface area contributed by atoms with E-state index >= 15 is 0 Å². The van der Waals surface area contributed by atoms with Crippen molar-refractivity contribution in [2.75, 3.05) is 20.2 Å². The van der Waals surface area contributed by atoms with Gasteiger partial charge in [-0.3, -0.25) is 14.4 Å². The molecule has 4 bridgehead atoms. The molecule has 0 spiro atoms. The first kappa shape index (κ1) is 31.1. The highest BCUT2D eigenvalue weighted by Crippen LogP contribution is 2.66. The van der Waals surface area contributed by atoms with Crippen LogP contribution in [0.2, 0.25) is 0 Å². The number of alkyl carbamates (subject to hydrolysis) is 1. The molecule has 0 radical (unpaired) electrons. The molecule has 230 valence electrons. The van der Waals surface area contributed by atoms with Crippen LogP contribution in [0.3, 0.4) is 0 Å². The molecule has 11 nitrogen and oxygen atoms in total. The van der Waals surface area contributed by atoms with Crippen molar-refractivity contribution in [3.05, 3.63) is 0 Å². The molecule has 1 heterocycles. The molecule has 0 aromatic rings. The van der Waals surface area contributed by atoms with Gasteiger partial charge in [-0.25, -0.2) is 9.59 Å². The van der Waals surface area contributed by atoms with Gasteiger partial charge in [0.2, 0.25) is 17.7 Å². The second kappa shape index (κ2) is 11.4. The number of likely N-dealkylation sites (tertiary alicyclic amines) is 1. The van der Waals surface area contributed by atoms with Crippen LogP contribution in [0, 0.1) is 16.7 Å². The molecule has 5 fully saturated rings. The number of nitrogens with one attached hydrogen (secondary N) is 3. The van der Waals surface area contributed by atoms with Gasteiger partial charge in [0, 0.05) is 18.5 Å². The molecular formula is C30H48N4O7. The Morgan fingerprint density at radius 3 is 2.24 bits per heavy atom. The Hall–Kier alpha value is -2.85. The van der Waals surface area contributed by atoms with Crippen molar-refractivity contribution in [1.29, 1.82) is 0 Å². The van der Waals surface area contributed by atoms with Crippen molar-refractivity contribution >= 4 is 29.8 Å². The average Bonchev–Trinajstić information content (AvgIpc) is 3.31. The number of ether oxygens (including phenoxy) is 2. The van der Waals surface area contributed by atoms with Crippen LogP contribution in [0.5, 0.6) is 0 Å². The molecule has 1 saturated heterocycles. The molecule has 1 aliphatic heterocycles. The zero-order valence-electron chi connectivity index (χ0n) is 25.5. The van der Waals surface area contributed by atoms with Gasteiger partial charge in [-0.2, -0.15) is 0 Å². The third-order valence-corrected chi connectivity index (χ3v) is 9.15. The number of nitrogens with zero attached hydrogens (tertiary/aromatic N) is 1. The van der Waals surface area contributed by atoms with Gasteiger partial charge in [0.1, 0.15) is 24.2 Å². The average molecular weight is 577 g/mol. The summed E-state index contributed by atoms with van der Waals surface area (Å²) in [4.78, 5) is 65.1. The fourth-order valence-electron chi connectivity index (χ4n) is 8.78. The third kappa shape index (κ3) is 7.52. The standard InChI is InChI=1S/C30H48N4O7/c1-27(2,3)41-26(39)31-15-23(36)34-11-7-8-21(34)24(37)32-20(25(38)40-6)9-10-22(35)33-30-14-19-12-28(4,17-30)16-29(5,13-19)18-30/h19-21H,7-18H2,1-6H3,(H,31,39)(H,32,37)(H,33,35)/t19?,20-,21-,28?,29?,30?/m0/s1. The quantitative estimate of drug-likeness (QED) is 0.358. The Balaban J connectivity index is 1.31. The van der Waals surface area contributed by atoms with Crippen LogP contribution in [-0.2, 0) is 28.7 Å². The number of hydrogen-bond donors (Lipinski definition) is 3. The van der Waals surface area contributed by atoms with Gasteiger partial charge in [0.05, 0.1) is 7.11 Å². The summed E-state index contributed by atoms with van der Waals surface area (Å²) in [6.07, 6.45) is 7.16. The van der Waals surface area contributed by atoms with E-state index in [0.29, 0.717) is 25.3 Å². The highest BCUT2D eigenvalue weighted by Gasteiger charge is 2.60. The zero-order chi connectivity index (χ0) is 30.2. The highest BCUT2D eigenvalue weighted by atomic mass is 16.6. The van der Waals surface area contributed by atoms with E-state index in [9.17, 15) is 24.0 Å². The molecule has 5 rings (SSSR count). The lowest BCUT2D eigenvalue weighted by molar-refractivity contribution is -0.146. The van der Waals surface area contributed by atoms with Gasteiger partial charge in [-0.05, 0) is 95.3 Å². The number of carbonyl (C=O) groups excluding carboxylic acids is 5. The van der Waals surface area contributed by atoms with E-state index in [1.807, 2.05) is 0 Å². The third-order valence-electron chi connectivity index (χ3n) is 9.15. The van der Waals surface area contributed by atoms with E-state index in [1.54, 1.807) is 20.8 Å². The molecular weight excluding hydrogens is 528 g/mol. The molecule has 2 unspecified atom stereocenters. The highest BCUT2D eigenvalue weighted by molar-refractivity contribution is 5.92. The van der Waals surface area contributed by atoms with Crippen LogP contribution >= 0.6 is 0 Å². The summed E-state index contributed by atoms with van der Waals surface area (Å²) in [5.41, 5.74) is -0.370. The Labute approximate surface area is 243 Å². The fourth-order valence-corrected chi connectivity index (χ4v) is 8.78. The molecule has 0 aromatic heterocycles. The number of hydrogen-bond acceptors (Lipinski definition) is 7. The maximum absolute atomic E-state index is 13.2. The van der Waals surface area contributed by atoms with E-state index in [4.69, 9.17) is 9.47 Å². The molecule has 4 saturated carbocycles. The van der Waals surface area contributed by atoms with Crippen LogP contribution in [0.1, 0.15) is 98.8 Å². The molecule has 0 aromatic carbocycles. The number of esters is 1. The molecule has 4 aliphatic carbocycles. The molecule has 41 heavy (non-hydrogen) atoms. The number of amides is 4. The van der Waals surface area contributed by atoms with Gasteiger partial charge in [-0.15, -0.1) is 0 Å². The summed E-state index contributed by atoms with van der Waals surface area (Å²) in [5, 5.41) is 8.50. The van der Waals surface area contributed by atoms with Crippen LogP contribution in [-0.4, -0.2) is 78.1 Å². The Morgan fingerprint density at radius 1 is 1.00 bits per heavy atom. The second-order valence-electron chi connectivity index (χ2n) is 14.7. The van der Waals surface area contributed by atoms with E-state index in [0.717, 1.165) is 19.3 Å². The van der Waals surface area contributed by atoms with Crippen LogP contribution in [0.15, 0.2) is 0 Å². The Morgan fingerprint density at radius 2 is 1.66 bits per heavy atom. The number of methoxy groups -OCH3 is 1. The van der Waals surface area contributed by atoms with Crippen molar-refractivity contribution in [1.82, 2.24) is 20.9 Å². The number of rotatable bonds is 9. The molecule has 11 heteroatoms. The molecule has 4 amide bonds. The summed E-state index contributed by atoms with van der Waals surface area (Å²) >= 11 is 0. The van der Waals surface area contributed by atoms with E-state index in [2.05, 4.69) is 29.8 Å². The van der Waals surface area contributed by atoms with Gasteiger partial charge < -0.3 is 30.3 Å². The van der Waals surface area contributed by atoms with Crippen LogP contribution < -0.4 is 16.0 Å². The van der Waals surface area contributed by atoms with Gasteiger partial charge in [-0.1, -0.05) is 13.8 Å². The fraction of sp³-hybridized carbons (Fsp3) is 0.833. The maximum Gasteiger partial charge on any atom is 0.408 e. The SMILES string of the molecule is COC(=O)[C@H](CCC(=O)NC12CC3CC(C)(CC(C)(C3)C1)C2)NC(=O)[C@@H]1CCCN1C(=O)CNC(=O)OC(C)(C)C. The molecule has 3 N–H and O–H groups in total. The minimum absolute atomic E-state index is 0.0764. The van der Waals surface area contributed by atoms with Gasteiger partial charge in [0.25, 0.3) is 0 Å².